The molecule has 5 nitrogen and oxygen atoms in total. The number of likely N-dealkylation sites (N-methyl/N-ethyl adjacent to an activating group) is 1. The van der Waals surface area contributed by atoms with Crippen molar-refractivity contribution in [3.05, 3.63) is 46.1 Å². The Labute approximate surface area is 165 Å². The summed E-state index contributed by atoms with van der Waals surface area (Å²) in [6, 6.07) is 8.13. The number of hydrogen-bond acceptors (Lipinski definition) is 5. The van der Waals surface area contributed by atoms with E-state index in [1.54, 1.807) is 0 Å². The Morgan fingerprint density at radius 3 is 2.73 bits per heavy atom. The quantitative estimate of drug-likeness (QED) is 0.768. The lowest BCUT2D eigenvalue weighted by Crippen LogP contribution is -2.46. The lowest BCUT2D eigenvalue weighted by molar-refractivity contribution is 0.198. The largest absolute Gasteiger partial charge is 0.355 e. The van der Waals surface area contributed by atoms with Crippen molar-refractivity contribution in [2.24, 2.45) is 0 Å². The molecule has 0 saturated carbocycles. The maximum absolute atomic E-state index is 6.35. The monoisotopic (exact) mass is 393 g/mol. The first kappa shape index (κ1) is 19.2. The van der Waals surface area contributed by atoms with Crippen molar-refractivity contribution >= 4 is 35.0 Å². The van der Waals surface area contributed by atoms with E-state index in [0.717, 1.165) is 54.8 Å². The molecule has 1 saturated heterocycles. The fourth-order valence-corrected chi connectivity index (χ4v) is 3.79. The summed E-state index contributed by atoms with van der Waals surface area (Å²) < 4.78 is 0. The molecule has 1 atom stereocenters. The van der Waals surface area contributed by atoms with Crippen LogP contribution in [0, 0.1) is 0 Å². The first-order chi connectivity index (χ1) is 12.4. The topological polar surface area (TPSA) is 35.5 Å². The fourth-order valence-electron chi connectivity index (χ4n) is 3.32. The highest BCUT2D eigenvalue weighted by atomic mass is 35.5. The molecule has 0 spiro atoms. The molecule has 1 aliphatic heterocycles. The van der Waals surface area contributed by atoms with Gasteiger partial charge in [0.15, 0.2) is 0 Å². The van der Waals surface area contributed by atoms with E-state index in [-0.39, 0.29) is 0 Å². The first-order valence-electron chi connectivity index (χ1n) is 8.83. The number of benzene rings is 1. The van der Waals surface area contributed by atoms with E-state index in [2.05, 4.69) is 26.8 Å². The molecule has 0 N–H and O–H groups in total. The van der Waals surface area contributed by atoms with Gasteiger partial charge in [0.25, 0.3) is 0 Å². The molecule has 0 amide bonds. The number of nitrogens with zero attached hydrogens (tertiary/aromatic N) is 5. The van der Waals surface area contributed by atoms with Gasteiger partial charge in [0.2, 0.25) is 5.95 Å². The second-order valence-corrected chi connectivity index (χ2v) is 7.83. The molecule has 1 aliphatic rings. The minimum absolute atomic E-state index is 0.416. The van der Waals surface area contributed by atoms with Gasteiger partial charge in [0, 0.05) is 56.5 Å². The fraction of sp³-hybridized carbons (Fsp3) is 0.474. The number of aromatic nitrogens is 2. The minimum atomic E-state index is 0.416. The van der Waals surface area contributed by atoms with Crippen LogP contribution in [0.2, 0.25) is 10.0 Å². The summed E-state index contributed by atoms with van der Waals surface area (Å²) in [5.41, 5.74) is 1.12. The van der Waals surface area contributed by atoms with Crippen LogP contribution < -0.4 is 9.80 Å². The van der Waals surface area contributed by atoms with E-state index >= 15 is 0 Å². The summed E-state index contributed by atoms with van der Waals surface area (Å²) in [5.74, 6) is 1.69. The van der Waals surface area contributed by atoms with Crippen LogP contribution in [0.1, 0.15) is 18.4 Å². The number of halogens is 2. The Balaban J connectivity index is 1.68. The van der Waals surface area contributed by atoms with Crippen molar-refractivity contribution < 1.29 is 0 Å². The van der Waals surface area contributed by atoms with Crippen LogP contribution in [0.5, 0.6) is 0 Å². The van der Waals surface area contributed by atoms with Crippen molar-refractivity contribution in [2.45, 2.75) is 25.4 Å². The molecule has 3 rings (SSSR count). The van der Waals surface area contributed by atoms with Gasteiger partial charge >= 0.3 is 0 Å². The molecule has 7 heteroatoms. The van der Waals surface area contributed by atoms with Crippen LogP contribution in [0.25, 0.3) is 0 Å². The molecule has 1 unspecified atom stereocenters. The van der Waals surface area contributed by atoms with Crippen molar-refractivity contribution in [3.63, 3.8) is 0 Å². The van der Waals surface area contributed by atoms with Crippen LogP contribution in [-0.4, -0.2) is 55.1 Å². The van der Waals surface area contributed by atoms with Crippen molar-refractivity contribution in [1.29, 1.82) is 0 Å². The van der Waals surface area contributed by atoms with Gasteiger partial charge in [-0.15, -0.1) is 0 Å². The van der Waals surface area contributed by atoms with Gasteiger partial charge in [-0.1, -0.05) is 29.3 Å². The normalized spacial score (nSPS) is 18.0. The molecule has 2 heterocycles. The molecule has 140 valence electrons. The third kappa shape index (κ3) is 4.58. The van der Waals surface area contributed by atoms with Gasteiger partial charge < -0.3 is 9.80 Å². The Bertz CT molecular complexity index is 752. The third-order valence-corrected chi connectivity index (χ3v) is 5.41. The average Bonchev–Trinajstić information content (AvgIpc) is 2.64. The molecule has 0 radical (unpaired) electrons. The highest BCUT2D eigenvalue weighted by Crippen LogP contribution is 2.25. The molecular weight excluding hydrogens is 369 g/mol. The molecule has 1 fully saturated rings. The Hall–Kier alpha value is -1.56. The number of likely N-dealkylation sites (tertiary alicyclic amines) is 1. The van der Waals surface area contributed by atoms with Gasteiger partial charge in [0.1, 0.15) is 5.82 Å². The Morgan fingerprint density at radius 1 is 1.19 bits per heavy atom. The summed E-state index contributed by atoms with van der Waals surface area (Å²) >= 11 is 12.4. The summed E-state index contributed by atoms with van der Waals surface area (Å²) in [7, 11) is 6.03. The van der Waals surface area contributed by atoms with Gasteiger partial charge in [-0.2, -0.15) is 4.98 Å². The average molecular weight is 394 g/mol. The first-order valence-corrected chi connectivity index (χ1v) is 9.59. The minimum Gasteiger partial charge on any atom is -0.355 e. The number of piperidine rings is 1. The zero-order chi connectivity index (χ0) is 18.7. The predicted molar refractivity (Wildman–Crippen MR) is 110 cm³/mol. The zero-order valence-electron chi connectivity index (χ0n) is 15.5. The van der Waals surface area contributed by atoms with E-state index in [1.165, 1.54) is 0 Å². The highest BCUT2D eigenvalue weighted by Gasteiger charge is 2.25. The van der Waals surface area contributed by atoms with Gasteiger partial charge in [0.05, 0.1) is 0 Å². The van der Waals surface area contributed by atoms with E-state index in [4.69, 9.17) is 23.2 Å². The summed E-state index contributed by atoms with van der Waals surface area (Å²) in [6.45, 7) is 2.90. The standard InChI is InChI=1S/C19H25Cl2N5/c1-24(2)19-22-9-8-18(23-19)25(3)16-5-4-10-26(13-16)12-14-6-7-15(20)11-17(14)21/h6-9,11,16H,4-5,10,12-13H2,1-3H3. The summed E-state index contributed by atoms with van der Waals surface area (Å²) in [6.07, 6.45) is 4.14. The zero-order valence-corrected chi connectivity index (χ0v) is 17.0. The SMILES string of the molecule is CN(C)c1nccc(N(C)C2CCCN(Cc3ccc(Cl)cc3Cl)C2)n1. The molecule has 26 heavy (non-hydrogen) atoms. The highest BCUT2D eigenvalue weighted by molar-refractivity contribution is 6.35. The third-order valence-electron chi connectivity index (χ3n) is 4.83. The van der Waals surface area contributed by atoms with Gasteiger partial charge in [-0.05, 0) is 43.1 Å². The maximum atomic E-state index is 6.35. The van der Waals surface area contributed by atoms with Crippen LogP contribution >= 0.6 is 23.2 Å². The van der Waals surface area contributed by atoms with E-state index in [9.17, 15) is 0 Å². The molecule has 0 bridgehead atoms. The number of hydrogen-bond donors (Lipinski definition) is 0. The number of anilines is 2. The van der Waals surface area contributed by atoms with Crippen LogP contribution in [0.15, 0.2) is 30.5 Å². The number of rotatable bonds is 5. The van der Waals surface area contributed by atoms with Crippen LogP contribution in [0.3, 0.4) is 0 Å². The van der Waals surface area contributed by atoms with Gasteiger partial charge in [-0.3, -0.25) is 4.90 Å². The van der Waals surface area contributed by atoms with E-state index < -0.39 is 0 Å². The van der Waals surface area contributed by atoms with Crippen LogP contribution in [0.4, 0.5) is 11.8 Å². The second-order valence-electron chi connectivity index (χ2n) is 6.99. The van der Waals surface area contributed by atoms with Gasteiger partial charge in [-0.25, -0.2) is 4.98 Å². The summed E-state index contributed by atoms with van der Waals surface area (Å²) in [5, 5.41) is 1.41. The van der Waals surface area contributed by atoms with Crippen LogP contribution in [-0.2, 0) is 6.54 Å². The molecular formula is C19H25Cl2N5. The molecule has 1 aromatic carbocycles. The molecule has 0 aliphatic carbocycles. The Kier molecular flexibility index (Phi) is 6.22. The molecule has 2 aromatic rings. The lowest BCUT2D eigenvalue weighted by atomic mass is 10.0. The van der Waals surface area contributed by atoms with E-state index in [0.29, 0.717) is 11.1 Å². The summed E-state index contributed by atoms with van der Waals surface area (Å²) in [4.78, 5) is 15.6. The molecule has 1 aromatic heterocycles. The predicted octanol–water partition coefficient (Wildman–Crippen LogP) is 3.95. The van der Waals surface area contributed by atoms with Crippen molar-refractivity contribution in [1.82, 2.24) is 14.9 Å². The van der Waals surface area contributed by atoms with Crippen molar-refractivity contribution in [2.75, 3.05) is 44.0 Å². The van der Waals surface area contributed by atoms with E-state index in [1.807, 2.05) is 49.5 Å². The Morgan fingerprint density at radius 2 is 2.00 bits per heavy atom. The lowest BCUT2D eigenvalue weighted by Gasteiger charge is -2.38. The van der Waals surface area contributed by atoms with Crippen molar-refractivity contribution in [3.8, 4) is 0 Å². The second kappa shape index (κ2) is 8.42. The maximum Gasteiger partial charge on any atom is 0.226 e. The smallest absolute Gasteiger partial charge is 0.226 e.